The first-order valence-electron chi connectivity index (χ1n) is 12.9. The van der Waals surface area contributed by atoms with Crippen LogP contribution in [-0.4, -0.2) is 58.5 Å². The minimum Gasteiger partial charge on any atom is -0.481 e. The van der Waals surface area contributed by atoms with Crippen LogP contribution in [0.3, 0.4) is 0 Å². The lowest BCUT2D eigenvalue weighted by molar-refractivity contribution is -0.139. The number of carbonyl (C=O) groups is 3. The molecule has 0 radical (unpaired) electrons. The number of nitrogens with one attached hydrogen (secondary N) is 1. The van der Waals surface area contributed by atoms with E-state index in [4.69, 9.17) is 9.47 Å². The van der Waals surface area contributed by atoms with E-state index in [9.17, 15) is 19.5 Å². The number of carboxylic acid groups (broad SMARTS) is 1. The smallest absolute Gasteiger partial charge is 0.410 e. The molecule has 196 valence electrons. The van der Waals surface area contributed by atoms with Crippen molar-refractivity contribution in [3.8, 4) is 11.1 Å². The first kappa shape index (κ1) is 25.1. The summed E-state index contributed by atoms with van der Waals surface area (Å²) >= 11 is 0. The predicted molar refractivity (Wildman–Crippen MR) is 137 cm³/mol. The SMILES string of the molecule is CC(C)(C)OC(=O)N1CC2CC1CC(CC(=O)O)(NC(=O)OCC1c3ccccc3-c3ccccc31)C2. The quantitative estimate of drug-likeness (QED) is 0.581. The van der Waals surface area contributed by atoms with Crippen molar-refractivity contribution in [2.24, 2.45) is 5.92 Å². The van der Waals surface area contributed by atoms with Crippen molar-refractivity contribution in [2.45, 2.75) is 69.6 Å². The second kappa shape index (κ2) is 9.39. The highest BCUT2D eigenvalue weighted by Crippen LogP contribution is 2.45. The predicted octanol–water partition coefficient (Wildman–Crippen LogP) is 5.16. The lowest BCUT2D eigenvalue weighted by atomic mass is 9.74. The first-order chi connectivity index (χ1) is 17.5. The van der Waals surface area contributed by atoms with E-state index in [0.29, 0.717) is 19.4 Å². The number of aliphatic carboxylic acids is 1. The number of alkyl carbamates (subject to hydrolysis) is 1. The average Bonchev–Trinajstić information content (AvgIpc) is 3.30. The molecule has 3 atom stereocenters. The maximum atomic E-state index is 13.1. The Morgan fingerprint density at radius 3 is 2.24 bits per heavy atom. The second-order valence-corrected chi connectivity index (χ2v) is 11.6. The van der Waals surface area contributed by atoms with Crippen molar-refractivity contribution >= 4 is 18.2 Å². The molecule has 1 aliphatic heterocycles. The van der Waals surface area contributed by atoms with E-state index >= 15 is 0 Å². The molecule has 2 aromatic carbocycles. The van der Waals surface area contributed by atoms with Crippen LogP contribution in [0.5, 0.6) is 0 Å². The number of ether oxygens (including phenoxy) is 2. The molecule has 8 nitrogen and oxygen atoms in total. The highest BCUT2D eigenvalue weighted by atomic mass is 16.6. The van der Waals surface area contributed by atoms with Gasteiger partial charge in [0, 0.05) is 18.5 Å². The maximum Gasteiger partial charge on any atom is 0.410 e. The van der Waals surface area contributed by atoms with Crippen LogP contribution in [0.1, 0.15) is 63.5 Å². The van der Waals surface area contributed by atoms with Crippen molar-refractivity contribution in [1.29, 1.82) is 0 Å². The zero-order valence-electron chi connectivity index (χ0n) is 21.5. The minimum atomic E-state index is -0.996. The molecule has 8 heteroatoms. The van der Waals surface area contributed by atoms with E-state index in [0.717, 1.165) is 28.7 Å². The molecule has 2 bridgehead atoms. The van der Waals surface area contributed by atoms with E-state index in [-0.39, 0.29) is 30.9 Å². The molecule has 0 spiro atoms. The summed E-state index contributed by atoms with van der Waals surface area (Å²) in [6, 6.07) is 16.0. The van der Waals surface area contributed by atoms with Crippen molar-refractivity contribution in [1.82, 2.24) is 10.2 Å². The Balaban J connectivity index is 1.29. The summed E-state index contributed by atoms with van der Waals surface area (Å²) in [5.41, 5.74) is 2.89. The van der Waals surface area contributed by atoms with E-state index in [1.54, 1.807) is 4.90 Å². The van der Waals surface area contributed by atoms with Crippen LogP contribution in [0.25, 0.3) is 11.1 Å². The fraction of sp³-hybridized carbons (Fsp3) is 0.483. The molecule has 1 saturated carbocycles. The minimum absolute atomic E-state index is 0.0829. The molecule has 2 amide bonds. The number of amides is 2. The Bertz CT molecular complexity index is 1180. The molecule has 2 aliphatic carbocycles. The second-order valence-electron chi connectivity index (χ2n) is 11.6. The van der Waals surface area contributed by atoms with Crippen LogP contribution in [0.2, 0.25) is 0 Å². The molecule has 0 aromatic heterocycles. The molecule has 1 heterocycles. The number of hydrogen-bond donors (Lipinski definition) is 2. The van der Waals surface area contributed by atoms with Gasteiger partial charge in [0.2, 0.25) is 0 Å². The summed E-state index contributed by atoms with van der Waals surface area (Å²) in [6.07, 6.45) is 0.332. The van der Waals surface area contributed by atoms with Crippen LogP contribution < -0.4 is 5.32 Å². The highest BCUT2D eigenvalue weighted by Gasteiger charge is 2.51. The molecule has 37 heavy (non-hydrogen) atoms. The molecule has 2 N–H and O–H groups in total. The van der Waals surface area contributed by atoms with Crippen LogP contribution in [0, 0.1) is 5.92 Å². The lowest BCUT2D eigenvalue weighted by Crippen LogP contribution is -2.55. The Labute approximate surface area is 216 Å². The lowest BCUT2D eigenvalue weighted by Gasteiger charge is -2.40. The molecule has 1 saturated heterocycles. The molecule has 2 fully saturated rings. The Morgan fingerprint density at radius 2 is 1.65 bits per heavy atom. The van der Waals surface area contributed by atoms with Gasteiger partial charge in [-0.15, -0.1) is 0 Å². The summed E-state index contributed by atoms with van der Waals surface area (Å²) in [5, 5.41) is 12.6. The van der Waals surface area contributed by atoms with Gasteiger partial charge >= 0.3 is 18.2 Å². The highest BCUT2D eigenvalue weighted by molar-refractivity contribution is 5.79. The summed E-state index contributed by atoms with van der Waals surface area (Å²) in [7, 11) is 0. The molecule has 3 unspecified atom stereocenters. The van der Waals surface area contributed by atoms with Gasteiger partial charge in [0.15, 0.2) is 0 Å². The van der Waals surface area contributed by atoms with Gasteiger partial charge in [-0.3, -0.25) is 4.79 Å². The topological polar surface area (TPSA) is 105 Å². The van der Waals surface area contributed by atoms with E-state index in [1.165, 1.54) is 0 Å². The number of rotatable bonds is 5. The molecule has 2 aromatic rings. The van der Waals surface area contributed by atoms with Crippen molar-refractivity contribution in [3.05, 3.63) is 59.7 Å². The first-order valence-corrected chi connectivity index (χ1v) is 12.9. The average molecular weight is 507 g/mol. The summed E-state index contributed by atoms with van der Waals surface area (Å²) in [4.78, 5) is 39.4. The van der Waals surface area contributed by atoms with E-state index in [2.05, 4.69) is 29.6 Å². The normalized spacial score (nSPS) is 24.2. The molecular formula is C29H34N2O6. The summed E-state index contributed by atoms with van der Waals surface area (Å²) in [6.45, 7) is 6.11. The van der Waals surface area contributed by atoms with Gasteiger partial charge in [-0.05, 0) is 68.2 Å². The molecular weight excluding hydrogens is 472 g/mol. The maximum absolute atomic E-state index is 13.1. The van der Waals surface area contributed by atoms with Crippen LogP contribution in [0.4, 0.5) is 9.59 Å². The standard InChI is InChI=1S/C29H34N2O6/c1-28(2,3)37-27(35)31-16-18-12-19(31)14-29(13-18,15-25(32)33)30-26(34)36-17-24-22-10-6-4-8-20(22)21-9-5-7-11-23(21)24/h4-11,18-19,24H,12-17H2,1-3H3,(H,30,34)(H,32,33). The zero-order valence-corrected chi connectivity index (χ0v) is 21.5. The number of benzene rings is 2. The Kier molecular flexibility index (Phi) is 6.38. The van der Waals surface area contributed by atoms with E-state index < -0.39 is 29.3 Å². The van der Waals surface area contributed by atoms with Crippen LogP contribution >= 0.6 is 0 Å². The Morgan fingerprint density at radius 1 is 1.03 bits per heavy atom. The van der Waals surface area contributed by atoms with Gasteiger partial charge in [0.05, 0.1) is 12.0 Å². The van der Waals surface area contributed by atoms with Gasteiger partial charge < -0.3 is 24.8 Å². The number of fused-ring (bicyclic) bond motifs is 5. The van der Waals surface area contributed by atoms with Gasteiger partial charge in [-0.2, -0.15) is 0 Å². The molecule has 5 rings (SSSR count). The third-order valence-corrected chi connectivity index (χ3v) is 7.64. The number of carboxylic acids is 1. The van der Waals surface area contributed by atoms with Crippen LogP contribution in [-0.2, 0) is 14.3 Å². The number of hydrogen-bond acceptors (Lipinski definition) is 5. The summed E-state index contributed by atoms with van der Waals surface area (Å²) < 4.78 is 11.3. The fourth-order valence-electron chi connectivity index (χ4n) is 6.42. The number of likely N-dealkylation sites (tertiary alicyclic amines) is 1. The van der Waals surface area contributed by atoms with Crippen molar-refractivity contribution < 1.29 is 29.0 Å². The van der Waals surface area contributed by atoms with Gasteiger partial charge in [0.1, 0.15) is 12.2 Å². The van der Waals surface area contributed by atoms with Gasteiger partial charge in [-0.25, -0.2) is 9.59 Å². The number of nitrogens with zero attached hydrogens (tertiary/aromatic N) is 1. The third kappa shape index (κ3) is 5.15. The number of carbonyl (C=O) groups excluding carboxylic acids is 2. The van der Waals surface area contributed by atoms with Crippen LogP contribution in [0.15, 0.2) is 48.5 Å². The third-order valence-electron chi connectivity index (χ3n) is 7.64. The molecule has 3 aliphatic rings. The summed E-state index contributed by atoms with van der Waals surface area (Å²) in [5.74, 6) is -0.998. The van der Waals surface area contributed by atoms with Gasteiger partial charge in [0.25, 0.3) is 0 Å². The van der Waals surface area contributed by atoms with Crippen molar-refractivity contribution in [3.63, 3.8) is 0 Å². The monoisotopic (exact) mass is 506 g/mol. The van der Waals surface area contributed by atoms with Crippen molar-refractivity contribution in [2.75, 3.05) is 13.2 Å². The van der Waals surface area contributed by atoms with Gasteiger partial charge in [-0.1, -0.05) is 48.5 Å². The largest absolute Gasteiger partial charge is 0.481 e. The van der Waals surface area contributed by atoms with E-state index in [1.807, 2.05) is 45.0 Å². The Hall–Kier alpha value is -3.55. The fourth-order valence-corrected chi connectivity index (χ4v) is 6.42. The zero-order chi connectivity index (χ0) is 26.4.